The van der Waals surface area contributed by atoms with Gasteiger partial charge in [-0.2, -0.15) is 0 Å². The average molecular weight is 373 g/mol. The highest BCUT2D eigenvalue weighted by atomic mass is 19.1. The van der Waals surface area contributed by atoms with E-state index in [1.165, 1.54) is 12.1 Å². The molecule has 2 heterocycles. The van der Waals surface area contributed by atoms with Crippen LogP contribution in [0.3, 0.4) is 0 Å². The topological polar surface area (TPSA) is 66.7 Å². The molecular formula is C20H24FN3O3. The summed E-state index contributed by atoms with van der Waals surface area (Å²) in [4.78, 5) is 29.0. The highest BCUT2D eigenvalue weighted by Crippen LogP contribution is 2.22. The van der Waals surface area contributed by atoms with Gasteiger partial charge in [-0.05, 0) is 30.5 Å². The van der Waals surface area contributed by atoms with E-state index in [0.717, 1.165) is 5.56 Å². The van der Waals surface area contributed by atoms with E-state index in [1.54, 1.807) is 34.9 Å². The van der Waals surface area contributed by atoms with E-state index in [2.05, 4.69) is 5.16 Å². The molecule has 27 heavy (non-hydrogen) atoms. The molecule has 0 radical (unpaired) electrons. The third kappa shape index (κ3) is 4.35. The van der Waals surface area contributed by atoms with Crippen molar-refractivity contribution in [1.82, 2.24) is 15.0 Å². The minimum absolute atomic E-state index is 0.00958. The lowest BCUT2D eigenvalue weighted by Crippen LogP contribution is -2.47. The van der Waals surface area contributed by atoms with Crippen LogP contribution in [0.25, 0.3) is 0 Å². The quantitative estimate of drug-likeness (QED) is 0.826. The van der Waals surface area contributed by atoms with Crippen LogP contribution in [0.1, 0.15) is 42.1 Å². The number of rotatable bonds is 4. The summed E-state index contributed by atoms with van der Waals surface area (Å²) in [5.41, 5.74) is 1.12. The molecule has 0 N–H and O–H groups in total. The van der Waals surface area contributed by atoms with Gasteiger partial charge in [0.25, 0.3) is 5.91 Å². The lowest BCUT2D eigenvalue weighted by atomic mass is 10.0. The van der Waals surface area contributed by atoms with Crippen molar-refractivity contribution < 1.29 is 18.5 Å². The summed E-state index contributed by atoms with van der Waals surface area (Å²) in [5, 5.41) is 3.81. The Kier molecular flexibility index (Phi) is 5.58. The Morgan fingerprint density at radius 2 is 2.04 bits per heavy atom. The van der Waals surface area contributed by atoms with Gasteiger partial charge < -0.3 is 14.3 Å². The van der Waals surface area contributed by atoms with E-state index in [-0.39, 0.29) is 41.7 Å². The van der Waals surface area contributed by atoms with Crippen molar-refractivity contribution in [2.45, 2.75) is 39.8 Å². The van der Waals surface area contributed by atoms with Gasteiger partial charge in [0.1, 0.15) is 11.6 Å². The first-order valence-corrected chi connectivity index (χ1v) is 9.11. The van der Waals surface area contributed by atoms with E-state index in [1.807, 2.05) is 13.8 Å². The third-order valence-corrected chi connectivity index (χ3v) is 4.89. The molecule has 2 aromatic rings. The number of hydrogen-bond acceptors (Lipinski definition) is 4. The number of carbonyl (C=O) groups is 2. The first kappa shape index (κ1) is 19.1. The zero-order valence-corrected chi connectivity index (χ0v) is 15.8. The standard InChI is InChI=1S/C20H24FN3O3/c1-13(2)18-12-23(20(26)17-10-14(3)27-22-17)9-8-19(25)24(18)11-15-4-6-16(21)7-5-15/h4-7,10,13,18H,8-9,11-12H2,1-3H3/t18-/m1/s1. The van der Waals surface area contributed by atoms with Crippen LogP contribution >= 0.6 is 0 Å². The monoisotopic (exact) mass is 373 g/mol. The molecule has 1 atom stereocenters. The Labute approximate surface area is 157 Å². The number of carbonyl (C=O) groups excluding carboxylic acids is 2. The van der Waals surface area contributed by atoms with Crippen LogP contribution in [-0.4, -0.2) is 45.9 Å². The molecule has 144 valence electrons. The lowest BCUT2D eigenvalue weighted by Gasteiger charge is -2.34. The summed E-state index contributed by atoms with van der Waals surface area (Å²) in [6.07, 6.45) is 0.243. The van der Waals surface area contributed by atoms with Crippen molar-refractivity contribution in [2.75, 3.05) is 13.1 Å². The number of benzene rings is 1. The summed E-state index contributed by atoms with van der Waals surface area (Å²) < 4.78 is 18.2. The SMILES string of the molecule is Cc1cc(C(=O)N2CCC(=O)N(Cc3ccc(F)cc3)[C@@H](C(C)C)C2)no1. The second kappa shape index (κ2) is 7.90. The summed E-state index contributed by atoms with van der Waals surface area (Å²) in [5.74, 6) is 0.184. The van der Waals surface area contributed by atoms with Gasteiger partial charge in [-0.3, -0.25) is 9.59 Å². The molecule has 0 unspecified atom stereocenters. The summed E-state index contributed by atoms with van der Waals surface area (Å²) in [6.45, 7) is 6.96. The maximum absolute atomic E-state index is 13.2. The minimum atomic E-state index is -0.305. The average Bonchev–Trinajstić information content (AvgIpc) is 3.00. The second-order valence-corrected chi connectivity index (χ2v) is 7.28. The first-order valence-electron chi connectivity index (χ1n) is 9.11. The molecule has 3 rings (SSSR count). The fourth-order valence-corrected chi connectivity index (χ4v) is 3.35. The normalized spacial score (nSPS) is 18.1. The Balaban J connectivity index is 1.81. The fourth-order valence-electron chi connectivity index (χ4n) is 3.35. The number of aryl methyl sites for hydroxylation is 1. The molecule has 0 spiro atoms. The summed E-state index contributed by atoms with van der Waals surface area (Å²) in [7, 11) is 0. The molecule has 7 heteroatoms. The van der Waals surface area contributed by atoms with Crippen molar-refractivity contribution >= 4 is 11.8 Å². The summed E-state index contributed by atoms with van der Waals surface area (Å²) >= 11 is 0. The van der Waals surface area contributed by atoms with Crippen molar-refractivity contribution in [3.8, 4) is 0 Å². The molecule has 1 aliphatic rings. The van der Waals surface area contributed by atoms with E-state index in [0.29, 0.717) is 25.4 Å². The Hall–Kier alpha value is -2.70. The molecule has 0 saturated carbocycles. The molecule has 1 aliphatic heterocycles. The highest BCUT2D eigenvalue weighted by Gasteiger charge is 2.34. The van der Waals surface area contributed by atoms with Gasteiger partial charge in [0.15, 0.2) is 5.69 Å². The minimum Gasteiger partial charge on any atom is -0.361 e. The third-order valence-electron chi connectivity index (χ3n) is 4.89. The van der Waals surface area contributed by atoms with Gasteiger partial charge >= 0.3 is 0 Å². The van der Waals surface area contributed by atoms with Gasteiger partial charge in [-0.15, -0.1) is 0 Å². The van der Waals surface area contributed by atoms with Gasteiger partial charge in [0.2, 0.25) is 5.91 Å². The predicted molar refractivity (Wildman–Crippen MR) is 97.3 cm³/mol. The molecule has 1 saturated heterocycles. The predicted octanol–water partition coefficient (Wildman–Crippen LogP) is 3.02. The Bertz CT molecular complexity index is 816. The molecule has 1 aromatic heterocycles. The van der Waals surface area contributed by atoms with Crippen molar-refractivity contribution in [3.05, 3.63) is 53.2 Å². The first-order chi connectivity index (χ1) is 12.8. The van der Waals surface area contributed by atoms with Crippen LogP contribution in [-0.2, 0) is 11.3 Å². The van der Waals surface area contributed by atoms with Crippen molar-refractivity contribution in [1.29, 1.82) is 0 Å². The van der Waals surface area contributed by atoms with E-state index in [9.17, 15) is 14.0 Å². The van der Waals surface area contributed by atoms with E-state index < -0.39 is 0 Å². The number of aromatic nitrogens is 1. The fraction of sp³-hybridized carbons (Fsp3) is 0.450. The van der Waals surface area contributed by atoms with Crippen LogP contribution in [0.4, 0.5) is 4.39 Å². The maximum atomic E-state index is 13.2. The number of halogens is 1. The maximum Gasteiger partial charge on any atom is 0.276 e. The van der Waals surface area contributed by atoms with Gasteiger partial charge in [0.05, 0.1) is 6.04 Å². The zero-order chi connectivity index (χ0) is 19.6. The van der Waals surface area contributed by atoms with Crippen LogP contribution in [0.2, 0.25) is 0 Å². The van der Waals surface area contributed by atoms with Crippen LogP contribution in [0, 0.1) is 18.7 Å². The molecule has 1 fully saturated rings. The van der Waals surface area contributed by atoms with Crippen molar-refractivity contribution in [2.24, 2.45) is 5.92 Å². The molecule has 6 nitrogen and oxygen atoms in total. The Morgan fingerprint density at radius 3 is 2.63 bits per heavy atom. The van der Waals surface area contributed by atoms with Crippen molar-refractivity contribution in [3.63, 3.8) is 0 Å². The lowest BCUT2D eigenvalue weighted by molar-refractivity contribution is -0.134. The summed E-state index contributed by atoms with van der Waals surface area (Å²) in [6, 6.07) is 7.63. The van der Waals surface area contributed by atoms with Crippen LogP contribution in [0.5, 0.6) is 0 Å². The smallest absolute Gasteiger partial charge is 0.276 e. The number of amides is 2. The van der Waals surface area contributed by atoms with E-state index in [4.69, 9.17) is 4.52 Å². The molecule has 1 aromatic carbocycles. The zero-order valence-electron chi connectivity index (χ0n) is 15.8. The highest BCUT2D eigenvalue weighted by molar-refractivity contribution is 5.93. The second-order valence-electron chi connectivity index (χ2n) is 7.28. The van der Waals surface area contributed by atoms with Gasteiger partial charge in [0, 0.05) is 32.1 Å². The Morgan fingerprint density at radius 1 is 1.33 bits per heavy atom. The number of nitrogens with zero attached hydrogens (tertiary/aromatic N) is 3. The van der Waals surface area contributed by atoms with Crippen LogP contribution in [0.15, 0.2) is 34.9 Å². The van der Waals surface area contributed by atoms with Gasteiger partial charge in [-0.25, -0.2) is 4.39 Å². The number of hydrogen-bond donors (Lipinski definition) is 0. The molecular weight excluding hydrogens is 349 g/mol. The van der Waals surface area contributed by atoms with Gasteiger partial charge in [-0.1, -0.05) is 31.1 Å². The van der Waals surface area contributed by atoms with Crippen LogP contribution < -0.4 is 0 Å². The molecule has 2 amide bonds. The largest absolute Gasteiger partial charge is 0.361 e. The molecule has 0 aliphatic carbocycles. The van der Waals surface area contributed by atoms with E-state index >= 15 is 0 Å². The molecule has 0 bridgehead atoms.